The molecule has 0 radical (unpaired) electrons. The number of hydrogen-bond acceptors (Lipinski definition) is 5. The minimum atomic E-state index is -0.629. The quantitative estimate of drug-likeness (QED) is 0.610. The predicted molar refractivity (Wildman–Crippen MR) is 120 cm³/mol. The molecule has 3 aromatic rings. The van der Waals surface area contributed by atoms with Crippen LogP contribution >= 0.6 is 0 Å². The molecular weight excluding hydrogens is 398 g/mol. The van der Waals surface area contributed by atoms with E-state index in [1.807, 2.05) is 55.6 Å². The zero-order valence-corrected chi connectivity index (χ0v) is 18.1. The highest BCUT2D eigenvalue weighted by atomic mass is 16.5. The number of benzene rings is 2. The summed E-state index contributed by atoms with van der Waals surface area (Å²) >= 11 is 0. The van der Waals surface area contributed by atoms with Crippen molar-refractivity contribution in [3.8, 4) is 11.8 Å². The predicted octanol–water partition coefficient (Wildman–Crippen LogP) is 4.65. The van der Waals surface area contributed by atoms with Crippen molar-refractivity contribution in [1.29, 1.82) is 5.26 Å². The maximum absolute atomic E-state index is 12.9. The van der Waals surface area contributed by atoms with Crippen LogP contribution in [0, 0.1) is 29.1 Å². The van der Waals surface area contributed by atoms with Gasteiger partial charge in [0.2, 0.25) is 0 Å². The average Bonchev–Trinajstić information content (AvgIpc) is 2.85. The molecule has 0 bridgehead atoms. The number of aromatic nitrogens is 2. The van der Waals surface area contributed by atoms with Crippen molar-refractivity contribution in [3.05, 3.63) is 89.5 Å². The Kier molecular flexibility index (Phi) is 5.22. The lowest BCUT2D eigenvalue weighted by molar-refractivity contribution is -0.131. The monoisotopic (exact) mass is 423 g/mol. The Morgan fingerprint density at radius 2 is 1.94 bits per heavy atom. The van der Waals surface area contributed by atoms with Crippen LogP contribution in [0.2, 0.25) is 0 Å². The summed E-state index contributed by atoms with van der Waals surface area (Å²) in [6.07, 6.45) is 5.68. The first kappa shape index (κ1) is 20.4. The van der Waals surface area contributed by atoms with Crippen LogP contribution in [0.15, 0.2) is 67.1 Å². The number of fused-ring (bicyclic) bond motifs is 3. The summed E-state index contributed by atoms with van der Waals surface area (Å²) < 4.78 is 5.99. The van der Waals surface area contributed by atoms with Gasteiger partial charge in [0, 0.05) is 17.5 Å². The third kappa shape index (κ3) is 3.27. The van der Waals surface area contributed by atoms with Gasteiger partial charge < -0.3 is 4.74 Å². The minimum absolute atomic E-state index is 0.0634. The van der Waals surface area contributed by atoms with Gasteiger partial charge in [0.25, 0.3) is 0 Å². The van der Waals surface area contributed by atoms with Gasteiger partial charge in [0.05, 0.1) is 11.8 Å². The molecule has 1 aromatic heterocycles. The Labute approximate surface area is 188 Å². The molecule has 32 heavy (non-hydrogen) atoms. The largest absolute Gasteiger partial charge is 0.489 e. The van der Waals surface area contributed by atoms with Crippen molar-refractivity contribution in [2.24, 2.45) is 17.8 Å². The Morgan fingerprint density at radius 3 is 2.69 bits per heavy atom. The van der Waals surface area contributed by atoms with Crippen LogP contribution < -0.4 is 4.74 Å². The molecule has 2 aliphatic carbocycles. The van der Waals surface area contributed by atoms with Gasteiger partial charge in [-0.05, 0) is 54.0 Å². The van der Waals surface area contributed by atoms with E-state index in [-0.39, 0.29) is 17.6 Å². The molecule has 0 saturated heterocycles. The van der Waals surface area contributed by atoms with Crippen molar-refractivity contribution < 1.29 is 9.53 Å². The first-order valence-corrected chi connectivity index (χ1v) is 11.1. The van der Waals surface area contributed by atoms with Gasteiger partial charge in [-0.15, -0.1) is 0 Å². The number of carbonyl (C=O) groups is 1. The van der Waals surface area contributed by atoms with E-state index in [0.29, 0.717) is 13.0 Å². The molecular formula is C27H25N3O2. The number of nitriles is 1. The number of Topliss-reactive ketones (excluding diaryl/α,β-unsaturated/α-hetero) is 1. The van der Waals surface area contributed by atoms with Gasteiger partial charge >= 0.3 is 0 Å². The zero-order chi connectivity index (χ0) is 22.1. The Morgan fingerprint density at radius 1 is 1.16 bits per heavy atom. The zero-order valence-electron chi connectivity index (χ0n) is 18.1. The number of hydrogen-bond donors (Lipinski definition) is 0. The SMILES string of the molecule is C[C@@H]1C(=O)C(C#N)C[C@@]2(c3ccc(OCc4ccccc4)cc3)c3ncncc3CC[C@@H]12. The van der Waals surface area contributed by atoms with E-state index in [1.54, 1.807) is 6.33 Å². The summed E-state index contributed by atoms with van der Waals surface area (Å²) in [4.78, 5) is 21.8. The van der Waals surface area contributed by atoms with Gasteiger partial charge in [-0.1, -0.05) is 49.4 Å². The molecule has 2 aliphatic rings. The first-order chi connectivity index (χ1) is 15.6. The van der Waals surface area contributed by atoms with Crippen LogP contribution in [0.5, 0.6) is 5.75 Å². The topological polar surface area (TPSA) is 75.9 Å². The Bertz CT molecular complexity index is 1170. The second-order valence-electron chi connectivity index (χ2n) is 8.89. The summed E-state index contributed by atoms with van der Waals surface area (Å²) in [6.45, 7) is 2.49. The van der Waals surface area contributed by atoms with Crippen molar-refractivity contribution >= 4 is 5.78 Å². The molecule has 1 heterocycles. The summed E-state index contributed by atoms with van der Waals surface area (Å²) in [5, 5.41) is 9.78. The van der Waals surface area contributed by atoms with E-state index in [2.05, 4.69) is 23.2 Å². The van der Waals surface area contributed by atoms with Crippen molar-refractivity contribution in [3.63, 3.8) is 0 Å². The third-order valence-corrected chi connectivity index (χ3v) is 7.26. The molecule has 160 valence electrons. The van der Waals surface area contributed by atoms with Crippen LogP contribution in [0.1, 0.15) is 42.1 Å². The fraction of sp³-hybridized carbons (Fsp3) is 0.333. The van der Waals surface area contributed by atoms with Crippen LogP contribution in [-0.4, -0.2) is 15.8 Å². The lowest BCUT2D eigenvalue weighted by Gasteiger charge is -2.51. The summed E-state index contributed by atoms with van der Waals surface area (Å²) in [7, 11) is 0. The number of ether oxygens (including phenoxy) is 1. The van der Waals surface area contributed by atoms with Gasteiger partial charge in [-0.2, -0.15) is 5.26 Å². The van der Waals surface area contributed by atoms with Crippen molar-refractivity contribution in [2.75, 3.05) is 0 Å². The summed E-state index contributed by atoms with van der Waals surface area (Å²) in [5.41, 5.74) is 3.83. The molecule has 0 amide bonds. The van der Waals surface area contributed by atoms with Crippen LogP contribution in [0.25, 0.3) is 0 Å². The highest BCUT2D eigenvalue weighted by Gasteiger charge is 2.56. The molecule has 0 aliphatic heterocycles. The number of nitrogens with zero attached hydrogens (tertiary/aromatic N) is 3. The molecule has 1 fully saturated rings. The fourth-order valence-electron chi connectivity index (χ4n) is 5.71. The van der Waals surface area contributed by atoms with Crippen molar-refractivity contribution in [2.45, 2.75) is 38.2 Å². The van der Waals surface area contributed by atoms with Gasteiger partial charge in [0.15, 0.2) is 5.78 Å². The minimum Gasteiger partial charge on any atom is -0.489 e. The molecule has 0 N–H and O–H groups in total. The molecule has 1 saturated carbocycles. The number of aryl methyl sites for hydroxylation is 1. The van der Waals surface area contributed by atoms with E-state index < -0.39 is 11.3 Å². The van der Waals surface area contributed by atoms with E-state index in [0.717, 1.165) is 41.0 Å². The number of ketones is 1. The van der Waals surface area contributed by atoms with E-state index in [9.17, 15) is 10.1 Å². The maximum Gasteiger partial charge on any atom is 0.153 e. The second kappa shape index (κ2) is 8.20. The lowest BCUT2D eigenvalue weighted by atomic mass is 9.51. The average molecular weight is 424 g/mol. The number of carbonyl (C=O) groups excluding carboxylic acids is 1. The van der Waals surface area contributed by atoms with Gasteiger partial charge in [-0.3, -0.25) is 4.79 Å². The highest BCUT2D eigenvalue weighted by molar-refractivity contribution is 5.87. The molecule has 4 atom stereocenters. The van der Waals surface area contributed by atoms with E-state index in [1.165, 1.54) is 0 Å². The van der Waals surface area contributed by atoms with E-state index >= 15 is 0 Å². The van der Waals surface area contributed by atoms with E-state index in [4.69, 9.17) is 9.72 Å². The highest BCUT2D eigenvalue weighted by Crippen LogP contribution is 2.55. The molecule has 2 aromatic carbocycles. The maximum atomic E-state index is 12.9. The first-order valence-electron chi connectivity index (χ1n) is 11.1. The Hall–Kier alpha value is -3.52. The smallest absolute Gasteiger partial charge is 0.153 e. The van der Waals surface area contributed by atoms with Gasteiger partial charge in [-0.25, -0.2) is 9.97 Å². The standard InChI is InChI=1S/C27H25N3O2/c1-18-24-12-7-20-15-29-17-30-26(20)27(24,13-21(14-28)25(18)31)22-8-10-23(11-9-22)32-16-19-5-3-2-4-6-19/h2-6,8-11,15,17-18,21,24H,7,12-13,16H2,1H3/t18-,21?,24-,27-/m0/s1. The van der Waals surface area contributed by atoms with Crippen molar-refractivity contribution in [1.82, 2.24) is 9.97 Å². The lowest BCUT2D eigenvalue weighted by Crippen LogP contribution is -2.53. The van der Waals surface area contributed by atoms with Crippen LogP contribution in [0.4, 0.5) is 0 Å². The van der Waals surface area contributed by atoms with Crippen LogP contribution in [0.3, 0.4) is 0 Å². The molecule has 1 unspecified atom stereocenters. The molecule has 0 spiro atoms. The fourth-order valence-corrected chi connectivity index (χ4v) is 5.71. The summed E-state index contributed by atoms with van der Waals surface area (Å²) in [6, 6.07) is 20.5. The van der Waals surface area contributed by atoms with Gasteiger partial charge in [0.1, 0.15) is 24.6 Å². The molecule has 5 nitrogen and oxygen atoms in total. The summed E-state index contributed by atoms with van der Waals surface area (Å²) in [5.74, 6) is 0.147. The molecule has 5 rings (SSSR count). The Balaban J connectivity index is 1.54. The normalized spacial score (nSPS) is 26.5. The number of rotatable bonds is 4. The molecule has 5 heteroatoms. The van der Waals surface area contributed by atoms with Crippen LogP contribution in [-0.2, 0) is 23.2 Å². The second-order valence-corrected chi connectivity index (χ2v) is 8.89. The third-order valence-electron chi connectivity index (χ3n) is 7.26.